The van der Waals surface area contributed by atoms with Crippen molar-refractivity contribution in [3.63, 3.8) is 0 Å². The summed E-state index contributed by atoms with van der Waals surface area (Å²) in [5, 5.41) is 8.58. The number of aryl methyl sites for hydroxylation is 1. The maximum absolute atomic E-state index is 10.5. The number of rotatable bonds is 1. The Balaban J connectivity index is 3.33. The van der Waals surface area contributed by atoms with Crippen LogP contribution in [0, 0.1) is 6.92 Å². The molecule has 1 heterocycles. The monoisotopic (exact) mass is 231 g/mol. The first kappa shape index (κ1) is 8.92. The Hall–Kier alpha value is -1.17. The lowest BCUT2D eigenvalue weighted by atomic mass is 10.4. The van der Waals surface area contributed by atoms with Crippen LogP contribution in [0.25, 0.3) is 0 Å². The number of nitrogens with zero attached hydrogens (tertiary/aromatic N) is 2. The third-order valence-corrected chi connectivity index (χ3v) is 1.99. The van der Waals surface area contributed by atoms with Crippen LogP contribution < -0.4 is 5.73 Å². The maximum atomic E-state index is 10.5. The number of aromatic carboxylic acids is 1. The Kier molecular flexibility index (Phi) is 2.27. The quantitative estimate of drug-likeness (QED) is 0.748. The zero-order valence-electron chi connectivity index (χ0n) is 6.21. The second kappa shape index (κ2) is 3.06. The van der Waals surface area contributed by atoms with Gasteiger partial charge in [0, 0.05) is 0 Å². The molecule has 0 aliphatic heterocycles. The largest absolute Gasteiger partial charge is 0.476 e. The minimum absolute atomic E-state index is 0.0834. The molecule has 3 N–H and O–H groups in total. The molecule has 0 saturated heterocycles. The first-order chi connectivity index (χ1) is 5.52. The predicted octanol–water partition coefficient (Wildman–Crippen LogP) is 0.828. The first-order valence-electron chi connectivity index (χ1n) is 3.05. The van der Waals surface area contributed by atoms with Crippen molar-refractivity contribution in [3.8, 4) is 0 Å². The van der Waals surface area contributed by atoms with Crippen LogP contribution in [0.1, 0.15) is 16.2 Å². The number of hydrogen-bond donors (Lipinski definition) is 2. The van der Waals surface area contributed by atoms with Crippen LogP contribution in [0.15, 0.2) is 4.60 Å². The molecule has 0 fully saturated rings. The van der Waals surface area contributed by atoms with Crippen LogP contribution >= 0.6 is 15.9 Å². The van der Waals surface area contributed by atoms with Crippen LogP contribution in [0.4, 0.5) is 5.82 Å². The molecule has 0 spiro atoms. The van der Waals surface area contributed by atoms with E-state index in [0.29, 0.717) is 10.3 Å². The van der Waals surface area contributed by atoms with Gasteiger partial charge in [-0.2, -0.15) is 0 Å². The Morgan fingerprint density at radius 2 is 2.17 bits per heavy atom. The molecular weight excluding hydrogens is 226 g/mol. The smallest absolute Gasteiger partial charge is 0.358 e. The summed E-state index contributed by atoms with van der Waals surface area (Å²) in [5.74, 6) is -1.25. The zero-order chi connectivity index (χ0) is 9.30. The third kappa shape index (κ3) is 1.53. The minimum Gasteiger partial charge on any atom is -0.476 e. The minimum atomic E-state index is -1.17. The molecule has 64 valence electrons. The van der Waals surface area contributed by atoms with Gasteiger partial charge in [-0.15, -0.1) is 0 Å². The molecule has 0 saturated carbocycles. The normalized spacial score (nSPS) is 9.83. The first-order valence-corrected chi connectivity index (χ1v) is 3.84. The van der Waals surface area contributed by atoms with Gasteiger partial charge in [0.2, 0.25) is 0 Å². The molecule has 0 amide bonds. The van der Waals surface area contributed by atoms with Gasteiger partial charge in [-0.25, -0.2) is 14.8 Å². The summed E-state index contributed by atoms with van der Waals surface area (Å²) in [6.45, 7) is 1.64. The lowest BCUT2D eigenvalue weighted by Gasteiger charge is -2.01. The molecule has 0 aliphatic rings. The third-order valence-electron chi connectivity index (χ3n) is 1.24. The van der Waals surface area contributed by atoms with E-state index >= 15 is 0 Å². The molecular formula is C6H6BrN3O2. The van der Waals surface area contributed by atoms with Crippen molar-refractivity contribution in [2.24, 2.45) is 0 Å². The average Bonchev–Trinajstić information content (AvgIpc) is 1.96. The number of hydrogen-bond acceptors (Lipinski definition) is 4. The highest BCUT2D eigenvalue weighted by Gasteiger charge is 2.12. The number of carboxylic acids is 1. The van der Waals surface area contributed by atoms with Gasteiger partial charge in [0.25, 0.3) is 0 Å². The van der Waals surface area contributed by atoms with Crippen molar-refractivity contribution in [1.82, 2.24) is 9.97 Å². The molecule has 5 nitrogen and oxygen atoms in total. The molecule has 0 aromatic carbocycles. The number of anilines is 1. The van der Waals surface area contributed by atoms with Gasteiger partial charge >= 0.3 is 5.97 Å². The van der Waals surface area contributed by atoms with Crippen molar-refractivity contribution < 1.29 is 9.90 Å². The standard InChI is InChI=1S/C6H6BrN3O2/c1-2-4(7)10-5(8)3(9-2)6(11)12/h1H3,(H2,8,10)(H,11,12). The molecule has 0 aliphatic carbocycles. The van der Waals surface area contributed by atoms with Crippen LogP contribution in [0.2, 0.25) is 0 Å². The van der Waals surface area contributed by atoms with Gasteiger partial charge in [-0.3, -0.25) is 0 Å². The van der Waals surface area contributed by atoms with E-state index in [2.05, 4.69) is 25.9 Å². The van der Waals surface area contributed by atoms with E-state index < -0.39 is 5.97 Å². The second-order valence-corrected chi connectivity index (χ2v) is 2.89. The summed E-state index contributed by atoms with van der Waals surface area (Å²) in [7, 11) is 0. The Labute approximate surface area is 76.8 Å². The van der Waals surface area contributed by atoms with Crippen LogP contribution in [0.3, 0.4) is 0 Å². The van der Waals surface area contributed by atoms with Gasteiger partial charge < -0.3 is 10.8 Å². The maximum Gasteiger partial charge on any atom is 0.358 e. The summed E-state index contributed by atoms with van der Waals surface area (Å²) < 4.78 is 0.463. The lowest BCUT2D eigenvalue weighted by Crippen LogP contribution is -2.09. The molecule has 1 aromatic heterocycles. The van der Waals surface area contributed by atoms with E-state index in [1.807, 2.05) is 0 Å². The topological polar surface area (TPSA) is 89.1 Å². The zero-order valence-corrected chi connectivity index (χ0v) is 7.79. The Morgan fingerprint density at radius 3 is 2.67 bits per heavy atom. The fourth-order valence-electron chi connectivity index (χ4n) is 0.668. The molecule has 12 heavy (non-hydrogen) atoms. The Bertz CT molecular complexity index is 340. The number of nitrogen functional groups attached to an aromatic ring is 1. The van der Waals surface area contributed by atoms with Gasteiger partial charge in [0.05, 0.1) is 5.69 Å². The number of aromatic nitrogens is 2. The summed E-state index contributed by atoms with van der Waals surface area (Å²) in [5.41, 5.74) is 5.60. The van der Waals surface area contributed by atoms with Gasteiger partial charge in [0.1, 0.15) is 4.60 Å². The van der Waals surface area contributed by atoms with Crippen molar-refractivity contribution in [1.29, 1.82) is 0 Å². The van der Waals surface area contributed by atoms with E-state index in [0.717, 1.165) is 0 Å². The SMILES string of the molecule is Cc1nc(C(=O)O)c(N)nc1Br. The van der Waals surface area contributed by atoms with Gasteiger partial charge in [-0.1, -0.05) is 0 Å². The van der Waals surface area contributed by atoms with E-state index in [1.165, 1.54) is 0 Å². The van der Waals surface area contributed by atoms with Crippen LogP contribution in [0.5, 0.6) is 0 Å². The molecule has 6 heteroatoms. The van der Waals surface area contributed by atoms with E-state index in [-0.39, 0.29) is 11.5 Å². The highest BCUT2D eigenvalue weighted by atomic mass is 79.9. The van der Waals surface area contributed by atoms with Crippen LogP contribution in [-0.4, -0.2) is 21.0 Å². The van der Waals surface area contributed by atoms with E-state index in [4.69, 9.17) is 10.8 Å². The number of carbonyl (C=O) groups is 1. The molecule has 0 radical (unpaired) electrons. The molecule has 0 unspecified atom stereocenters. The van der Waals surface area contributed by atoms with Gasteiger partial charge in [-0.05, 0) is 22.9 Å². The molecule has 0 atom stereocenters. The van der Waals surface area contributed by atoms with Crippen molar-refractivity contribution in [2.45, 2.75) is 6.92 Å². The second-order valence-electron chi connectivity index (χ2n) is 2.14. The van der Waals surface area contributed by atoms with E-state index in [9.17, 15) is 4.79 Å². The highest BCUT2D eigenvalue weighted by molar-refractivity contribution is 9.10. The fraction of sp³-hybridized carbons (Fsp3) is 0.167. The fourth-order valence-corrected chi connectivity index (χ4v) is 0.948. The van der Waals surface area contributed by atoms with Crippen molar-refractivity contribution in [3.05, 3.63) is 16.0 Å². The highest BCUT2D eigenvalue weighted by Crippen LogP contribution is 2.15. The average molecular weight is 232 g/mol. The molecule has 0 bridgehead atoms. The Morgan fingerprint density at radius 1 is 1.58 bits per heavy atom. The van der Waals surface area contributed by atoms with Gasteiger partial charge in [0.15, 0.2) is 11.5 Å². The number of carboxylic acid groups (broad SMARTS) is 1. The summed E-state index contributed by atoms with van der Waals surface area (Å²) in [4.78, 5) is 18.0. The summed E-state index contributed by atoms with van der Waals surface area (Å²) >= 11 is 3.08. The summed E-state index contributed by atoms with van der Waals surface area (Å²) in [6, 6.07) is 0. The number of nitrogens with two attached hydrogens (primary N) is 1. The number of halogens is 1. The summed E-state index contributed by atoms with van der Waals surface area (Å²) in [6.07, 6.45) is 0. The van der Waals surface area contributed by atoms with Crippen molar-refractivity contribution >= 4 is 27.7 Å². The van der Waals surface area contributed by atoms with E-state index in [1.54, 1.807) is 6.92 Å². The van der Waals surface area contributed by atoms with Crippen molar-refractivity contribution in [2.75, 3.05) is 5.73 Å². The lowest BCUT2D eigenvalue weighted by molar-refractivity contribution is 0.0691. The molecule has 1 aromatic rings. The van der Waals surface area contributed by atoms with Crippen LogP contribution in [-0.2, 0) is 0 Å². The molecule has 1 rings (SSSR count). The predicted molar refractivity (Wildman–Crippen MR) is 45.8 cm³/mol.